The van der Waals surface area contributed by atoms with E-state index in [1.807, 2.05) is 6.92 Å². The van der Waals surface area contributed by atoms with Gasteiger partial charge in [-0.15, -0.1) is 0 Å². The third-order valence-electron chi connectivity index (χ3n) is 4.25. The van der Waals surface area contributed by atoms with Gasteiger partial charge in [-0.1, -0.05) is 38.3 Å². The molecule has 5 nitrogen and oxygen atoms in total. The number of carbonyl (C=O) groups is 1. The second-order valence-corrected chi connectivity index (χ2v) is 7.42. The summed E-state index contributed by atoms with van der Waals surface area (Å²) in [5, 5.41) is 0. The Balaban J connectivity index is 2.29. The van der Waals surface area contributed by atoms with Gasteiger partial charge in [-0.2, -0.15) is 4.72 Å². The highest BCUT2D eigenvalue weighted by Crippen LogP contribution is 2.31. The molecule has 0 aliphatic heterocycles. The molecular weight excluding hydrogens is 302 g/mol. The van der Waals surface area contributed by atoms with E-state index in [2.05, 4.69) is 4.72 Å². The molecule has 6 heteroatoms. The highest BCUT2D eigenvalue weighted by molar-refractivity contribution is 7.89. The molecule has 122 valence electrons. The molecule has 1 aromatic rings. The summed E-state index contributed by atoms with van der Waals surface area (Å²) >= 11 is 0. The number of aryl methyl sites for hydroxylation is 1. The maximum Gasteiger partial charge on any atom is 0.327 e. The quantitative estimate of drug-likeness (QED) is 0.844. The maximum absolute atomic E-state index is 12.6. The van der Waals surface area contributed by atoms with Gasteiger partial charge in [0, 0.05) is 0 Å². The van der Waals surface area contributed by atoms with Gasteiger partial charge in [0.15, 0.2) is 0 Å². The molecule has 1 N–H and O–H groups in total. The fraction of sp³-hybridized carbons (Fsp3) is 0.562. The van der Waals surface area contributed by atoms with Crippen molar-refractivity contribution >= 4 is 16.0 Å². The number of rotatable bonds is 5. The molecule has 1 saturated carbocycles. The standard InChI is InChI=1S/C16H23NO4S/c1-3-13-7-9-14(10-8-13)22(19,20)17-16(15(18)21-2)11-5-4-6-12-16/h7-10,17H,3-6,11-12H2,1-2H3. The largest absolute Gasteiger partial charge is 0.468 e. The van der Waals surface area contributed by atoms with Crippen LogP contribution in [0.25, 0.3) is 0 Å². The van der Waals surface area contributed by atoms with Crippen LogP contribution in [0.3, 0.4) is 0 Å². The Kier molecular flexibility index (Phi) is 5.24. The third kappa shape index (κ3) is 3.50. The van der Waals surface area contributed by atoms with Gasteiger partial charge < -0.3 is 4.74 Å². The van der Waals surface area contributed by atoms with Crippen molar-refractivity contribution in [3.05, 3.63) is 29.8 Å². The van der Waals surface area contributed by atoms with Gasteiger partial charge in [-0.05, 0) is 37.0 Å². The van der Waals surface area contributed by atoms with E-state index in [0.717, 1.165) is 31.2 Å². The smallest absolute Gasteiger partial charge is 0.327 e. The van der Waals surface area contributed by atoms with E-state index in [1.54, 1.807) is 24.3 Å². The number of sulfonamides is 1. The van der Waals surface area contributed by atoms with Crippen LogP contribution in [0.5, 0.6) is 0 Å². The molecule has 0 amide bonds. The van der Waals surface area contributed by atoms with Crippen LogP contribution in [0.15, 0.2) is 29.2 Å². The Morgan fingerprint density at radius 2 is 1.77 bits per heavy atom. The lowest BCUT2D eigenvalue weighted by atomic mass is 9.83. The van der Waals surface area contributed by atoms with Crippen molar-refractivity contribution in [1.29, 1.82) is 0 Å². The molecule has 1 aliphatic rings. The Labute approximate surface area is 132 Å². The van der Waals surface area contributed by atoms with Gasteiger partial charge >= 0.3 is 5.97 Å². The molecule has 1 aromatic carbocycles. The topological polar surface area (TPSA) is 72.5 Å². The number of esters is 1. The predicted octanol–water partition coefficient (Wildman–Crippen LogP) is 2.40. The Hall–Kier alpha value is -1.40. The van der Waals surface area contributed by atoms with E-state index in [4.69, 9.17) is 4.74 Å². The van der Waals surface area contributed by atoms with Gasteiger partial charge in [-0.3, -0.25) is 4.79 Å². The minimum atomic E-state index is -3.75. The van der Waals surface area contributed by atoms with Crippen LogP contribution in [0.4, 0.5) is 0 Å². The van der Waals surface area contributed by atoms with Crippen molar-refractivity contribution in [2.45, 2.75) is 55.9 Å². The Morgan fingerprint density at radius 3 is 2.27 bits per heavy atom. The lowest BCUT2D eigenvalue weighted by Gasteiger charge is -2.34. The monoisotopic (exact) mass is 325 g/mol. The lowest BCUT2D eigenvalue weighted by molar-refractivity contribution is -0.149. The normalized spacial score (nSPS) is 17.9. The van der Waals surface area contributed by atoms with Crippen molar-refractivity contribution in [1.82, 2.24) is 4.72 Å². The molecule has 0 bridgehead atoms. The zero-order valence-electron chi connectivity index (χ0n) is 13.1. The zero-order valence-corrected chi connectivity index (χ0v) is 13.9. The van der Waals surface area contributed by atoms with E-state index < -0.39 is 21.5 Å². The zero-order chi connectivity index (χ0) is 16.2. The molecule has 0 unspecified atom stereocenters. The molecular formula is C16H23NO4S. The average Bonchev–Trinajstić information content (AvgIpc) is 2.54. The highest BCUT2D eigenvalue weighted by Gasteiger charge is 2.44. The molecule has 22 heavy (non-hydrogen) atoms. The predicted molar refractivity (Wildman–Crippen MR) is 84.0 cm³/mol. The van der Waals surface area contributed by atoms with Crippen LogP contribution in [-0.2, 0) is 26.0 Å². The summed E-state index contributed by atoms with van der Waals surface area (Å²) in [5.41, 5.74) is -0.0609. The second-order valence-electron chi connectivity index (χ2n) is 5.74. The highest BCUT2D eigenvalue weighted by atomic mass is 32.2. The summed E-state index contributed by atoms with van der Waals surface area (Å²) in [6.07, 6.45) is 4.43. The Bertz CT molecular complexity index is 616. The summed E-state index contributed by atoms with van der Waals surface area (Å²) in [7, 11) is -2.45. The van der Waals surface area contributed by atoms with Gasteiger partial charge in [-0.25, -0.2) is 8.42 Å². The lowest BCUT2D eigenvalue weighted by Crippen LogP contribution is -2.55. The molecule has 0 spiro atoms. The first-order chi connectivity index (χ1) is 10.4. The van der Waals surface area contributed by atoms with Gasteiger partial charge in [0.25, 0.3) is 0 Å². The van der Waals surface area contributed by atoms with Gasteiger partial charge in [0.1, 0.15) is 5.54 Å². The van der Waals surface area contributed by atoms with Crippen LogP contribution in [0.2, 0.25) is 0 Å². The molecule has 2 rings (SSSR count). The van der Waals surface area contributed by atoms with Crippen molar-refractivity contribution < 1.29 is 17.9 Å². The van der Waals surface area contributed by atoms with E-state index in [9.17, 15) is 13.2 Å². The van der Waals surface area contributed by atoms with E-state index >= 15 is 0 Å². The molecule has 0 heterocycles. The van der Waals surface area contributed by atoms with Crippen molar-refractivity contribution in [2.24, 2.45) is 0 Å². The van der Waals surface area contributed by atoms with Crippen LogP contribution in [0, 0.1) is 0 Å². The third-order valence-corrected chi connectivity index (χ3v) is 5.81. The van der Waals surface area contributed by atoms with Crippen LogP contribution < -0.4 is 4.72 Å². The molecule has 0 radical (unpaired) electrons. The van der Waals surface area contributed by atoms with Crippen molar-refractivity contribution in [3.63, 3.8) is 0 Å². The molecule has 1 fully saturated rings. The van der Waals surface area contributed by atoms with Crippen molar-refractivity contribution in [2.75, 3.05) is 7.11 Å². The molecule has 1 aliphatic carbocycles. The first-order valence-corrected chi connectivity index (χ1v) is 9.13. The van der Waals surface area contributed by atoms with Gasteiger partial charge in [0.2, 0.25) is 10.0 Å². The van der Waals surface area contributed by atoms with Crippen LogP contribution >= 0.6 is 0 Å². The van der Waals surface area contributed by atoms with E-state index in [0.29, 0.717) is 12.8 Å². The number of nitrogens with one attached hydrogen (secondary N) is 1. The first kappa shape index (κ1) is 17.0. The second kappa shape index (κ2) is 6.79. The fourth-order valence-electron chi connectivity index (χ4n) is 2.92. The molecule has 0 saturated heterocycles. The minimum absolute atomic E-state index is 0.179. The number of methoxy groups -OCH3 is 1. The summed E-state index contributed by atoms with van der Waals surface area (Å²) in [6.45, 7) is 2.01. The number of ether oxygens (including phenoxy) is 1. The average molecular weight is 325 g/mol. The summed E-state index contributed by atoms with van der Waals surface area (Å²) in [4.78, 5) is 12.3. The van der Waals surface area contributed by atoms with Crippen LogP contribution in [-0.4, -0.2) is 27.0 Å². The minimum Gasteiger partial charge on any atom is -0.468 e. The van der Waals surface area contributed by atoms with Crippen LogP contribution in [0.1, 0.15) is 44.6 Å². The Morgan fingerprint density at radius 1 is 1.18 bits per heavy atom. The van der Waals surface area contributed by atoms with Crippen molar-refractivity contribution in [3.8, 4) is 0 Å². The van der Waals surface area contributed by atoms with E-state index in [1.165, 1.54) is 7.11 Å². The number of carbonyl (C=O) groups excluding carboxylic acids is 1. The number of hydrogen-bond acceptors (Lipinski definition) is 4. The number of benzene rings is 1. The summed E-state index contributed by atoms with van der Waals surface area (Å²) < 4.78 is 32.7. The summed E-state index contributed by atoms with van der Waals surface area (Å²) in [6, 6.07) is 6.74. The fourth-order valence-corrected chi connectivity index (χ4v) is 4.33. The first-order valence-electron chi connectivity index (χ1n) is 7.65. The SMILES string of the molecule is CCc1ccc(S(=O)(=O)NC2(C(=O)OC)CCCCC2)cc1. The molecule has 0 atom stereocenters. The van der Waals surface area contributed by atoms with Gasteiger partial charge in [0.05, 0.1) is 12.0 Å². The summed E-state index contributed by atoms with van der Waals surface area (Å²) in [5.74, 6) is -0.499. The number of hydrogen-bond donors (Lipinski definition) is 1. The molecule has 0 aromatic heterocycles. The van der Waals surface area contributed by atoms with E-state index in [-0.39, 0.29) is 4.90 Å². The maximum atomic E-state index is 12.6.